The molecule has 2 N–H and O–H groups in total. The second-order valence-corrected chi connectivity index (χ2v) is 5.29. The average molecular weight is 293 g/mol. The third kappa shape index (κ3) is 4.68. The Morgan fingerprint density at radius 2 is 2.29 bits per heavy atom. The molecule has 116 valence electrons. The van der Waals surface area contributed by atoms with Crippen molar-refractivity contribution in [1.29, 1.82) is 0 Å². The molecular formula is C15H23N3O3. The van der Waals surface area contributed by atoms with E-state index in [-0.39, 0.29) is 17.5 Å². The van der Waals surface area contributed by atoms with E-state index in [1.54, 1.807) is 23.9 Å². The molecule has 21 heavy (non-hydrogen) atoms. The third-order valence-corrected chi connectivity index (χ3v) is 3.66. The number of carbonyl (C=O) groups is 1. The highest BCUT2D eigenvalue weighted by Crippen LogP contribution is 2.11. The number of carbonyl (C=O) groups excluding carboxylic acids is 1. The topological polar surface area (TPSA) is 72.4 Å². The number of anilines is 1. The number of pyridine rings is 1. The summed E-state index contributed by atoms with van der Waals surface area (Å²) in [4.78, 5) is 23.9. The Labute approximate surface area is 124 Å². The first-order valence-corrected chi connectivity index (χ1v) is 7.44. The molecule has 1 saturated heterocycles. The molecule has 6 heteroatoms. The zero-order valence-electron chi connectivity index (χ0n) is 12.4. The maximum atomic E-state index is 12.2. The lowest BCUT2D eigenvalue weighted by Crippen LogP contribution is -2.40. The van der Waals surface area contributed by atoms with Gasteiger partial charge in [-0.05, 0) is 25.5 Å². The fourth-order valence-electron chi connectivity index (χ4n) is 2.45. The van der Waals surface area contributed by atoms with Gasteiger partial charge in [-0.2, -0.15) is 0 Å². The molecule has 0 radical (unpaired) electrons. The van der Waals surface area contributed by atoms with Gasteiger partial charge >= 0.3 is 0 Å². The van der Waals surface area contributed by atoms with Crippen LogP contribution in [0, 0.1) is 0 Å². The molecular weight excluding hydrogens is 270 g/mol. The van der Waals surface area contributed by atoms with Crippen molar-refractivity contribution in [2.45, 2.75) is 38.3 Å². The summed E-state index contributed by atoms with van der Waals surface area (Å²) in [6.07, 6.45) is 5.87. The lowest BCUT2D eigenvalue weighted by atomic mass is 10.1. The lowest BCUT2D eigenvalue weighted by molar-refractivity contribution is -0.118. The van der Waals surface area contributed by atoms with Gasteiger partial charge in [-0.1, -0.05) is 12.8 Å². The van der Waals surface area contributed by atoms with Crippen LogP contribution in [-0.2, 0) is 16.1 Å². The first-order chi connectivity index (χ1) is 10.2. The second-order valence-electron chi connectivity index (χ2n) is 5.29. The largest absolute Gasteiger partial charge is 0.383 e. The summed E-state index contributed by atoms with van der Waals surface area (Å²) < 4.78 is 6.52. The summed E-state index contributed by atoms with van der Waals surface area (Å²) in [5.41, 5.74) is 0.541. The van der Waals surface area contributed by atoms with Gasteiger partial charge < -0.3 is 19.9 Å². The number of hydrogen-bond acceptors (Lipinski definition) is 4. The normalized spacial score (nSPS) is 19.0. The van der Waals surface area contributed by atoms with Gasteiger partial charge in [0.25, 0.3) is 5.56 Å². The summed E-state index contributed by atoms with van der Waals surface area (Å²) in [5, 5.41) is 6.14. The third-order valence-electron chi connectivity index (χ3n) is 3.66. The van der Waals surface area contributed by atoms with Gasteiger partial charge in [0.05, 0.1) is 18.3 Å². The van der Waals surface area contributed by atoms with E-state index in [1.165, 1.54) is 12.5 Å². The molecule has 1 amide bonds. The number of amides is 1. The summed E-state index contributed by atoms with van der Waals surface area (Å²) >= 11 is 0. The number of methoxy groups -OCH3 is 1. The number of rotatable bonds is 5. The predicted molar refractivity (Wildman–Crippen MR) is 81.5 cm³/mol. The Morgan fingerprint density at radius 1 is 1.43 bits per heavy atom. The Balaban J connectivity index is 2.01. The van der Waals surface area contributed by atoms with E-state index in [0.717, 1.165) is 25.8 Å². The van der Waals surface area contributed by atoms with Crippen molar-refractivity contribution in [3.8, 4) is 0 Å². The van der Waals surface area contributed by atoms with Crippen LogP contribution in [0.15, 0.2) is 23.1 Å². The van der Waals surface area contributed by atoms with Crippen LogP contribution in [0.25, 0.3) is 0 Å². The molecule has 1 aromatic heterocycles. The number of hydrogen-bond donors (Lipinski definition) is 2. The monoisotopic (exact) mass is 293 g/mol. The van der Waals surface area contributed by atoms with Crippen LogP contribution in [0.3, 0.4) is 0 Å². The smallest absolute Gasteiger partial charge is 0.250 e. The Hall–Kier alpha value is -1.66. The standard InChI is InChI=1S/C15H23N3O3/c1-21-10-9-18-11-12(6-7-14(18)19)17-15(20)13-5-3-2-4-8-16-13/h6-7,11,13,16H,2-5,8-10H2,1H3,(H,17,20). The van der Waals surface area contributed by atoms with E-state index in [0.29, 0.717) is 18.8 Å². The Kier molecular flexibility index (Phi) is 5.95. The van der Waals surface area contributed by atoms with Crippen LogP contribution in [-0.4, -0.2) is 36.8 Å². The van der Waals surface area contributed by atoms with Crippen molar-refractivity contribution in [2.24, 2.45) is 0 Å². The van der Waals surface area contributed by atoms with Crippen LogP contribution in [0.4, 0.5) is 5.69 Å². The molecule has 0 bridgehead atoms. The highest BCUT2D eigenvalue weighted by atomic mass is 16.5. The van der Waals surface area contributed by atoms with Gasteiger partial charge in [0.1, 0.15) is 0 Å². The second kappa shape index (κ2) is 7.95. The summed E-state index contributed by atoms with van der Waals surface area (Å²) in [6, 6.07) is 2.96. The molecule has 0 spiro atoms. The number of aromatic nitrogens is 1. The highest BCUT2D eigenvalue weighted by Gasteiger charge is 2.19. The fraction of sp³-hybridized carbons (Fsp3) is 0.600. The van der Waals surface area contributed by atoms with Gasteiger partial charge in [0.15, 0.2) is 0 Å². The first-order valence-electron chi connectivity index (χ1n) is 7.44. The summed E-state index contributed by atoms with van der Waals surface area (Å²) in [7, 11) is 1.59. The average Bonchev–Trinajstić information content (AvgIpc) is 2.77. The SMILES string of the molecule is COCCn1cc(NC(=O)C2CCCCCN2)ccc1=O. The molecule has 1 aliphatic heterocycles. The van der Waals surface area contributed by atoms with E-state index < -0.39 is 0 Å². The molecule has 1 atom stereocenters. The van der Waals surface area contributed by atoms with E-state index in [9.17, 15) is 9.59 Å². The molecule has 1 unspecified atom stereocenters. The predicted octanol–water partition coefficient (Wildman–Crippen LogP) is 0.965. The van der Waals surface area contributed by atoms with Crippen molar-refractivity contribution in [1.82, 2.24) is 9.88 Å². The number of nitrogens with zero attached hydrogens (tertiary/aromatic N) is 1. The van der Waals surface area contributed by atoms with Crippen LogP contribution in [0.5, 0.6) is 0 Å². The molecule has 0 aromatic carbocycles. The van der Waals surface area contributed by atoms with Crippen LogP contribution in [0.1, 0.15) is 25.7 Å². The molecule has 2 rings (SSSR count). The Bertz CT molecular complexity index is 519. The maximum Gasteiger partial charge on any atom is 0.250 e. The van der Waals surface area contributed by atoms with E-state index in [1.807, 2.05) is 0 Å². The van der Waals surface area contributed by atoms with Crippen molar-refractivity contribution in [3.63, 3.8) is 0 Å². The fourth-order valence-corrected chi connectivity index (χ4v) is 2.45. The minimum Gasteiger partial charge on any atom is -0.383 e. The zero-order chi connectivity index (χ0) is 15.1. The summed E-state index contributed by atoms with van der Waals surface area (Å²) in [5.74, 6) is -0.0335. The van der Waals surface area contributed by atoms with Gasteiger partial charge in [-0.25, -0.2) is 0 Å². The molecule has 1 aromatic rings. The van der Waals surface area contributed by atoms with Crippen LogP contribution >= 0.6 is 0 Å². The van der Waals surface area contributed by atoms with Crippen molar-refractivity contribution < 1.29 is 9.53 Å². The minimum atomic E-state index is -0.146. The zero-order valence-corrected chi connectivity index (χ0v) is 12.4. The number of ether oxygens (including phenoxy) is 1. The van der Waals surface area contributed by atoms with Crippen LogP contribution in [0.2, 0.25) is 0 Å². The summed E-state index contributed by atoms with van der Waals surface area (Å²) in [6.45, 7) is 1.81. The number of nitrogens with one attached hydrogen (secondary N) is 2. The molecule has 0 saturated carbocycles. The first kappa shape index (κ1) is 15.7. The van der Waals surface area contributed by atoms with Crippen molar-refractivity contribution in [3.05, 3.63) is 28.7 Å². The van der Waals surface area contributed by atoms with E-state index >= 15 is 0 Å². The molecule has 2 heterocycles. The molecule has 1 aliphatic rings. The van der Waals surface area contributed by atoms with Crippen LogP contribution < -0.4 is 16.2 Å². The van der Waals surface area contributed by atoms with Crippen molar-refractivity contribution >= 4 is 11.6 Å². The highest BCUT2D eigenvalue weighted by molar-refractivity contribution is 5.94. The van der Waals surface area contributed by atoms with E-state index in [2.05, 4.69) is 10.6 Å². The minimum absolute atomic E-state index is 0.0335. The van der Waals surface area contributed by atoms with Gasteiger partial charge in [0.2, 0.25) is 5.91 Å². The van der Waals surface area contributed by atoms with Gasteiger partial charge in [-0.15, -0.1) is 0 Å². The Morgan fingerprint density at radius 3 is 3.10 bits per heavy atom. The van der Waals surface area contributed by atoms with Gasteiger partial charge in [-0.3, -0.25) is 9.59 Å². The van der Waals surface area contributed by atoms with E-state index in [4.69, 9.17) is 4.74 Å². The lowest BCUT2D eigenvalue weighted by Gasteiger charge is -2.16. The molecule has 1 fully saturated rings. The van der Waals surface area contributed by atoms with Gasteiger partial charge in [0, 0.05) is 25.9 Å². The van der Waals surface area contributed by atoms with Crippen molar-refractivity contribution in [2.75, 3.05) is 25.6 Å². The maximum absolute atomic E-state index is 12.2. The quantitative estimate of drug-likeness (QED) is 0.848. The molecule has 0 aliphatic carbocycles. The molecule has 6 nitrogen and oxygen atoms in total.